The predicted molar refractivity (Wildman–Crippen MR) is 78.0 cm³/mol. The smallest absolute Gasteiger partial charge is 0.208 e. The molecular formula is C14H18ClNO2S. The van der Waals surface area contributed by atoms with E-state index in [1.807, 2.05) is 18.2 Å². The molecule has 0 bridgehead atoms. The molecule has 1 aromatic carbocycles. The lowest BCUT2D eigenvalue weighted by Crippen LogP contribution is -2.35. The molecule has 0 spiro atoms. The zero-order chi connectivity index (χ0) is 13.7. The predicted octanol–water partition coefficient (Wildman–Crippen LogP) is 2.85. The third-order valence-corrected chi connectivity index (χ3v) is 4.93. The quantitative estimate of drug-likeness (QED) is 0.671. The van der Waals surface area contributed by atoms with Crippen LogP contribution in [0.25, 0.3) is 0 Å². The first-order valence-corrected chi connectivity index (χ1v) is 8.46. The normalized spacial score (nSPS) is 19.5. The number of hydrogen-bond donors (Lipinski definition) is 1. The number of halogens is 1. The van der Waals surface area contributed by atoms with E-state index in [4.69, 9.17) is 11.6 Å². The van der Waals surface area contributed by atoms with Crippen LogP contribution in [0, 0.1) is 0 Å². The Morgan fingerprint density at radius 2 is 1.95 bits per heavy atom. The van der Waals surface area contributed by atoms with Gasteiger partial charge in [-0.15, -0.1) is 11.6 Å². The van der Waals surface area contributed by atoms with E-state index in [1.165, 1.54) is 0 Å². The van der Waals surface area contributed by atoms with Crippen molar-refractivity contribution in [2.45, 2.75) is 36.6 Å². The van der Waals surface area contributed by atoms with E-state index in [2.05, 4.69) is 10.8 Å². The van der Waals surface area contributed by atoms with Crippen LogP contribution in [0.5, 0.6) is 0 Å². The number of rotatable bonds is 5. The van der Waals surface area contributed by atoms with E-state index >= 15 is 0 Å². The van der Waals surface area contributed by atoms with Crippen molar-refractivity contribution in [3.8, 4) is 0 Å². The summed E-state index contributed by atoms with van der Waals surface area (Å²) in [5.41, 5.74) is 1.05. The lowest BCUT2D eigenvalue weighted by Gasteiger charge is -2.19. The van der Waals surface area contributed by atoms with Gasteiger partial charge in [0.2, 0.25) is 10.0 Å². The average Bonchev–Trinajstić information content (AvgIpc) is 2.40. The molecule has 2 rings (SSSR count). The molecular weight excluding hydrogens is 282 g/mol. The molecule has 0 amide bonds. The standard InChI is InChI=1S/C14H18ClNO2S/c15-11-10-12-6-8-14(9-7-12)19(17,18)16-13-4-2-1-3-5-13/h1-2,6-9,13,16H,3-5,10-11H2. The molecule has 1 aromatic rings. The molecule has 3 nitrogen and oxygen atoms in total. The maximum atomic E-state index is 12.2. The molecule has 5 heteroatoms. The summed E-state index contributed by atoms with van der Waals surface area (Å²) in [6.45, 7) is 0. The van der Waals surface area contributed by atoms with Crippen LogP contribution in [0.3, 0.4) is 0 Å². The molecule has 0 saturated carbocycles. The Bertz CT molecular complexity index is 537. The van der Waals surface area contributed by atoms with Gasteiger partial charge in [-0.1, -0.05) is 24.3 Å². The van der Waals surface area contributed by atoms with Crippen molar-refractivity contribution >= 4 is 21.6 Å². The zero-order valence-electron chi connectivity index (χ0n) is 10.7. The minimum absolute atomic E-state index is 0.0116. The van der Waals surface area contributed by atoms with E-state index in [1.54, 1.807) is 12.1 Å². The lowest BCUT2D eigenvalue weighted by atomic mass is 10.0. The molecule has 1 aliphatic rings. The van der Waals surface area contributed by atoms with Crippen molar-refractivity contribution in [3.63, 3.8) is 0 Å². The first kappa shape index (κ1) is 14.6. The molecule has 1 aliphatic carbocycles. The van der Waals surface area contributed by atoms with Crippen molar-refractivity contribution in [2.75, 3.05) is 5.88 Å². The first-order valence-electron chi connectivity index (χ1n) is 6.44. The van der Waals surface area contributed by atoms with Gasteiger partial charge in [-0.25, -0.2) is 13.1 Å². The van der Waals surface area contributed by atoms with Gasteiger partial charge >= 0.3 is 0 Å². The SMILES string of the molecule is O=S(=O)(NC1CC=CCC1)c1ccc(CCCl)cc1. The van der Waals surface area contributed by atoms with Crippen LogP contribution in [0.4, 0.5) is 0 Å². The van der Waals surface area contributed by atoms with Crippen molar-refractivity contribution < 1.29 is 8.42 Å². The number of benzene rings is 1. The Hall–Kier alpha value is -0.840. The number of alkyl halides is 1. The van der Waals surface area contributed by atoms with Gasteiger partial charge in [-0.2, -0.15) is 0 Å². The largest absolute Gasteiger partial charge is 0.240 e. The van der Waals surface area contributed by atoms with Crippen molar-refractivity contribution in [3.05, 3.63) is 42.0 Å². The van der Waals surface area contributed by atoms with Gasteiger partial charge in [0.15, 0.2) is 0 Å². The van der Waals surface area contributed by atoms with Gasteiger partial charge in [0, 0.05) is 11.9 Å². The average molecular weight is 300 g/mol. The zero-order valence-corrected chi connectivity index (χ0v) is 12.3. The third kappa shape index (κ3) is 4.06. The Morgan fingerprint density at radius 1 is 1.21 bits per heavy atom. The number of sulfonamides is 1. The maximum absolute atomic E-state index is 12.2. The second-order valence-corrected chi connectivity index (χ2v) is 6.78. The molecule has 0 heterocycles. The molecule has 0 saturated heterocycles. The Morgan fingerprint density at radius 3 is 2.53 bits per heavy atom. The summed E-state index contributed by atoms with van der Waals surface area (Å²) >= 11 is 5.66. The molecule has 0 radical (unpaired) electrons. The van der Waals surface area contributed by atoms with Crippen LogP contribution in [0.1, 0.15) is 24.8 Å². The van der Waals surface area contributed by atoms with Gasteiger partial charge in [0.1, 0.15) is 0 Å². The second kappa shape index (κ2) is 6.55. The number of hydrogen-bond acceptors (Lipinski definition) is 2. The van der Waals surface area contributed by atoms with Crippen LogP contribution in [-0.2, 0) is 16.4 Å². The summed E-state index contributed by atoms with van der Waals surface area (Å²) in [6.07, 6.45) is 7.43. The second-order valence-electron chi connectivity index (χ2n) is 4.69. The number of aryl methyl sites for hydroxylation is 1. The first-order chi connectivity index (χ1) is 9.12. The highest BCUT2D eigenvalue weighted by molar-refractivity contribution is 7.89. The highest BCUT2D eigenvalue weighted by atomic mass is 35.5. The van der Waals surface area contributed by atoms with Crippen molar-refractivity contribution in [2.24, 2.45) is 0 Å². The topological polar surface area (TPSA) is 46.2 Å². The fraction of sp³-hybridized carbons (Fsp3) is 0.429. The third-order valence-electron chi connectivity index (χ3n) is 3.21. The van der Waals surface area contributed by atoms with Gasteiger partial charge in [0.05, 0.1) is 4.90 Å². The fourth-order valence-corrected chi connectivity index (χ4v) is 3.63. The maximum Gasteiger partial charge on any atom is 0.240 e. The van der Waals surface area contributed by atoms with Gasteiger partial charge in [0.25, 0.3) is 0 Å². The Kier molecular flexibility index (Phi) is 5.02. The van der Waals surface area contributed by atoms with E-state index in [-0.39, 0.29) is 6.04 Å². The van der Waals surface area contributed by atoms with Crippen molar-refractivity contribution in [1.82, 2.24) is 4.72 Å². The molecule has 19 heavy (non-hydrogen) atoms. The summed E-state index contributed by atoms with van der Waals surface area (Å²) in [7, 11) is -3.41. The van der Waals surface area contributed by atoms with Gasteiger partial charge in [-0.3, -0.25) is 0 Å². The number of nitrogens with one attached hydrogen (secondary N) is 1. The van der Waals surface area contributed by atoms with Crippen LogP contribution >= 0.6 is 11.6 Å². The molecule has 0 fully saturated rings. The molecule has 1 atom stereocenters. The highest BCUT2D eigenvalue weighted by Crippen LogP contribution is 2.16. The van der Waals surface area contributed by atoms with E-state index in [0.29, 0.717) is 10.8 Å². The summed E-state index contributed by atoms with van der Waals surface area (Å²) in [4.78, 5) is 0.320. The molecule has 0 aromatic heterocycles. The van der Waals surface area contributed by atoms with Gasteiger partial charge < -0.3 is 0 Å². The van der Waals surface area contributed by atoms with Crippen molar-refractivity contribution in [1.29, 1.82) is 0 Å². The molecule has 1 N–H and O–H groups in total. The van der Waals surface area contributed by atoms with E-state index < -0.39 is 10.0 Å². The minimum Gasteiger partial charge on any atom is -0.208 e. The van der Waals surface area contributed by atoms with Crippen LogP contribution in [0.15, 0.2) is 41.3 Å². The van der Waals surface area contributed by atoms with Gasteiger partial charge in [-0.05, 0) is 43.4 Å². The highest BCUT2D eigenvalue weighted by Gasteiger charge is 2.19. The van der Waals surface area contributed by atoms with E-state index in [9.17, 15) is 8.42 Å². The summed E-state index contributed by atoms with van der Waals surface area (Å²) in [5.74, 6) is 0.540. The summed E-state index contributed by atoms with van der Waals surface area (Å²) in [5, 5.41) is 0. The van der Waals surface area contributed by atoms with Crippen LogP contribution < -0.4 is 4.72 Å². The Balaban J connectivity index is 2.08. The van der Waals surface area contributed by atoms with Crippen LogP contribution in [-0.4, -0.2) is 20.3 Å². The molecule has 1 unspecified atom stereocenters. The minimum atomic E-state index is -3.41. The Labute approximate surface area is 119 Å². The molecule has 104 valence electrons. The fourth-order valence-electron chi connectivity index (χ4n) is 2.13. The molecule has 0 aliphatic heterocycles. The summed E-state index contributed by atoms with van der Waals surface area (Å²) < 4.78 is 27.2. The van der Waals surface area contributed by atoms with Crippen LogP contribution in [0.2, 0.25) is 0 Å². The lowest BCUT2D eigenvalue weighted by molar-refractivity contribution is 0.522. The summed E-state index contributed by atoms with van der Waals surface area (Å²) in [6, 6.07) is 6.93. The van der Waals surface area contributed by atoms with E-state index in [0.717, 1.165) is 31.2 Å². The number of allylic oxidation sites excluding steroid dienone is 1. The monoisotopic (exact) mass is 299 g/mol.